The van der Waals surface area contributed by atoms with Crippen LogP contribution >= 0.6 is 0 Å². The molecule has 30 heavy (non-hydrogen) atoms. The smallest absolute Gasteiger partial charge is 0.338 e. The number of nitrogens with one attached hydrogen (secondary N) is 2. The van der Waals surface area contributed by atoms with Crippen LogP contribution in [-0.2, 0) is 24.2 Å². The van der Waals surface area contributed by atoms with Crippen LogP contribution in [0.25, 0.3) is 0 Å². The summed E-state index contributed by atoms with van der Waals surface area (Å²) < 4.78 is 35.3. The van der Waals surface area contributed by atoms with Gasteiger partial charge in [0.25, 0.3) is 5.91 Å². The van der Waals surface area contributed by atoms with Crippen molar-refractivity contribution in [1.29, 1.82) is 0 Å². The van der Waals surface area contributed by atoms with E-state index in [0.717, 1.165) is 0 Å². The van der Waals surface area contributed by atoms with Crippen LogP contribution in [-0.4, -0.2) is 45.2 Å². The molecule has 2 aromatic carbocycles. The summed E-state index contributed by atoms with van der Waals surface area (Å²) in [5.74, 6) is -1.45. The van der Waals surface area contributed by atoms with Gasteiger partial charge in [0.2, 0.25) is 5.91 Å². The molecule has 2 N–H and O–H groups in total. The fraction of sp³-hybridized carbons (Fsp3) is 0.250. The zero-order valence-corrected chi connectivity index (χ0v) is 17.0. The number of benzene rings is 2. The third kappa shape index (κ3) is 5.15. The van der Waals surface area contributed by atoms with Gasteiger partial charge in [0, 0.05) is 12.1 Å². The summed E-state index contributed by atoms with van der Waals surface area (Å²) in [7, 11) is -3.77. The van der Waals surface area contributed by atoms with E-state index in [4.69, 9.17) is 9.47 Å². The van der Waals surface area contributed by atoms with Gasteiger partial charge in [0.15, 0.2) is 16.4 Å². The Labute approximate surface area is 173 Å². The number of esters is 1. The molecule has 1 heterocycles. The Morgan fingerprint density at radius 1 is 1.20 bits per heavy atom. The largest absolute Gasteiger partial charge is 0.482 e. The molecule has 158 valence electrons. The number of carbonyl (C=O) groups excluding carboxylic acids is 3. The number of sulfone groups is 1. The molecule has 9 nitrogen and oxygen atoms in total. The van der Waals surface area contributed by atoms with Crippen molar-refractivity contribution in [3.63, 3.8) is 0 Å². The zero-order chi connectivity index (χ0) is 21.7. The molecule has 1 aliphatic heterocycles. The Kier molecular flexibility index (Phi) is 6.36. The van der Waals surface area contributed by atoms with Crippen molar-refractivity contribution in [1.82, 2.24) is 0 Å². The van der Waals surface area contributed by atoms with Gasteiger partial charge < -0.3 is 20.1 Å². The van der Waals surface area contributed by atoms with E-state index < -0.39 is 27.5 Å². The summed E-state index contributed by atoms with van der Waals surface area (Å²) in [4.78, 5) is 35.4. The molecule has 10 heteroatoms. The second kappa shape index (κ2) is 8.95. The van der Waals surface area contributed by atoms with Crippen LogP contribution in [0.3, 0.4) is 0 Å². The standard InChI is InChI=1S/C20H20N2O7S/c1-2-28-20(25)13-4-3-5-14(10-13)21-18(23)8-9-30(26,27)15-6-7-17-16(11-15)22-19(24)12-29-17/h3-7,10-11H,2,8-9,12H2,1H3,(H,21,23)(H,22,24). The van der Waals surface area contributed by atoms with E-state index in [9.17, 15) is 22.8 Å². The van der Waals surface area contributed by atoms with Crippen molar-refractivity contribution in [2.24, 2.45) is 0 Å². The highest BCUT2D eigenvalue weighted by atomic mass is 32.2. The first kappa shape index (κ1) is 21.3. The highest BCUT2D eigenvalue weighted by molar-refractivity contribution is 7.91. The fourth-order valence-corrected chi connectivity index (χ4v) is 4.03. The minimum Gasteiger partial charge on any atom is -0.482 e. The molecule has 0 bridgehead atoms. The zero-order valence-electron chi connectivity index (χ0n) is 16.1. The van der Waals surface area contributed by atoms with E-state index >= 15 is 0 Å². The molecule has 0 saturated carbocycles. The normalized spacial score (nSPS) is 12.9. The highest BCUT2D eigenvalue weighted by Gasteiger charge is 2.22. The first-order valence-electron chi connectivity index (χ1n) is 9.15. The molecular weight excluding hydrogens is 412 g/mol. The first-order chi connectivity index (χ1) is 14.3. The minimum atomic E-state index is -3.77. The summed E-state index contributed by atoms with van der Waals surface area (Å²) in [5.41, 5.74) is 0.907. The van der Waals surface area contributed by atoms with Crippen LogP contribution in [0.5, 0.6) is 5.75 Å². The van der Waals surface area contributed by atoms with E-state index in [0.29, 0.717) is 11.4 Å². The molecule has 0 fully saturated rings. The minimum absolute atomic E-state index is 0.0239. The predicted octanol–water partition coefficient (Wildman–Crippen LogP) is 2.00. The summed E-state index contributed by atoms with van der Waals surface area (Å²) in [6.45, 7) is 1.79. The molecule has 2 aromatic rings. The van der Waals surface area contributed by atoms with Crippen molar-refractivity contribution < 1.29 is 32.3 Å². The Bertz CT molecular complexity index is 1100. The van der Waals surface area contributed by atoms with Crippen LogP contribution in [0.2, 0.25) is 0 Å². The lowest BCUT2D eigenvalue weighted by molar-refractivity contribution is -0.118. The molecule has 0 aromatic heterocycles. The summed E-state index contributed by atoms with van der Waals surface area (Å²) >= 11 is 0. The fourth-order valence-electron chi connectivity index (χ4n) is 2.76. The third-order valence-electron chi connectivity index (χ3n) is 4.20. The van der Waals surface area contributed by atoms with E-state index in [1.165, 1.54) is 24.3 Å². The number of fused-ring (bicyclic) bond motifs is 1. The number of rotatable bonds is 7. The number of carbonyl (C=O) groups is 3. The molecule has 1 aliphatic rings. The number of anilines is 2. The van der Waals surface area contributed by atoms with Gasteiger partial charge in [0.05, 0.1) is 28.5 Å². The van der Waals surface area contributed by atoms with Crippen molar-refractivity contribution >= 4 is 39.0 Å². The highest BCUT2D eigenvalue weighted by Crippen LogP contribution is 2.30. The van der Waals surface area contributed by atoms with Crippen LogP contribution in [0, 0.1) is 0 Å². The molecule has 0 spiro atoms. The average molecular weight is 432 g/mol. The van der Waals surface area contributed by atoms with Crippen LogP contribution in [0.4, 0.5) is 11.4 Å². The van der Waals surface area contributed by atoms with Crippen LogP contribution < -0.4 is 15.4 Å². The van der Waals surface area contributed by atoms with Gasteiger partial charge in [-0.1, -0.05) is 6.07 Å². The number of amides is 2. The van der Waals surface area contributed by atoms with Gasteiger partial charge in [-0.15, -0.1) is 0 Å². The maximum absolute atomic E-state index is 12.6. The molecule has 2 amide bonds. The molecular formula is C20H20N2O7S. The van der Waals surface area contributed by atoms with Gasteiger partial charge in [-0.2, -0.15) is 0 Å². The van der Waals surface area contributed by atoms with Crippen LogP contribution in [0.15, 0.2) is 47.4 Å². The Hall–Kier alpha value is -3.40. The lowest BCUT2D eigenvalue weighted by Crippen LogP contribution is -2.25. The van der Waals surface area contributed by atoms with E-state index in [-0.39, 0.29) is 41.7 Å². The van der Waals surface area contributed by atoms with Crippen molar-refractivity contribution in [2.75, 3.05) is 29.6 Å². The van der Waals surface area contributed by atoms with Gasteiger partial charge in [-0.3, -0.25) is 9.59 Å². The van der Waals surface area contributed by atoms with Crippen LogP contribution in [0.1, 0.15) is 23.7 Å². The molecule has 0 aliphatic carbocycles. The van der Waals surface area contributed by atoms with Crippen molar-refractivity contribution in [3.05, 3.63) is 48.0 Å². The Morgan fingerprint density at radius 2 is 2.00 bits per heavy atom. The maximum atomic E-state index is 12.6. The summed E-state index contributed by atoms with van der Waals surface area (Å²) in [5, 5.41) is 5.12. The third-order valence-corrected chi connectivity index (χ3v) is 5.91. The van der Waals surface area contributed by atoms with Gasteiger partial charge in [-0.25, -0.2) is 13.2 Å². The predicted molar refractivity (Wildman–Crippen MR) is 108 cm³/mol. The molecule has 0 saturated heterocycles. The second-order valence-electron chi connectivity index (χ2n) is 6.41. The number of hydrogen-bond acceptors (Lipinski definition) is 7. The summed E-state index contributed by atoms with van der Waals surface area (Å²) in [6, 6.07) is 10.3. The number of ether oxygens (including phenoxy) is 2. The van der Waals surface area contributed by atoms with Crippen molar-refractivity contribution in [3.8, 4) is 5.75 Å². The lowest BCUT2D eigenvalue weighted by Gasteiger charge is -2.18. The van der Waals surface area contributed by atoms with E-state index in [1.807, 2.05) is 0 Å². The SMILES string of the molecule is CCOC(=O)c1cccc(NC(=O)CCS(=O)(=O)c2ccc3c(c2)NC(=O)CO3)c1. The molecule has 0 unspecified atom stereocenters. The second-order valence-corrected chi connectivity index (χ2v) is 8.52. The van der Waals surface area contributed by atoms with Crippen molar-refractivity contribution in [2.45, 2.75) is 18.2 Å². The number of hydrogen-bond donors (Lipinski definition) is 2. The molecule has 0 radical (unpaired) electrons. The molecule has 3 rings (SSSR count). The Balaban J connectivity index is 1.63. The monoisotopic (exact) mass is 432 g/mol. The van der Waals surface area contributed by atoms with E-state index in [2.05, 4.69) is 10.6 Å². The Morgan fingerprint density at radius 3 is 2.77 bits per heavy atom. The average Bonchev–Trinajstić information content (AvgIpc) is 2.72. The topological polar surface area (TPSA) is 128 Å². The quantitative estimate of drug-likeness (QED) is 0.641. The van der Waals surface area contributed by atoms with E-state index in [1.54, 1.807) is 25.1 Å². The van der Waals surface area contributed by atoms with Gasteiger partial charge in [0.1, 0.15) is 5.75 Å². The van der Waals surface area contributed by atoms with Gasteiger partial charge in [-0.05, 0) is 43.3 Å². The van der Waals surface area contributed by atoms with Gasteiger partial charge >= 0.3 is 5.97 Å². The lowest BCUT2D eigenvalue weighted by atomic mass is 10.2. The first-order valence-corrected chi connectivity index (χ1v) is 10.8. The maximum Gasteiger partial charge on any atom is 0.338 e. The summed E-state index contributed by atoms with van der Waals surface area (Å²) in [6.07, 6.45) is -0.286. The molecule has 0 atom stereocenters.